The fourth-order valence-electron chi connectivity index (χ4n) is 2.09. The van der Waals surface area contributed by atoms with Gasteiger partial charge in [0, 0.05) is 44.0 Å². The van der Waals surface area contributed by atoms with Gasteiger partial charge in [0.25, 0.3) is 0 Å². The lowest BCUT2D eigenvalue weighted by atomic mass is 10.2. The number of benzene rings is 1. The second-order valence-electron chi connectivity index (χ2n) is 5.18. The molecule has 2 rings (SSSR count). The number of nitrogens with one attached hydrogen (secondary N) is 1. The van der Waals surface area contributed by atoms with Crippen molar-refractivity contribution in [2.45, 2.75) is 25.7 Å². The number of amides is 1. The van der Waals surface area contributed by atoms with E-state index in [1.807, 2.05) is 5.38 Å². The minimum atomic E-state index is -0.258. The molecule has 1 amide bonds. The maximum absolute atomic E-state index is 12.9. The third-order valence-corrected chi connectivity index (χ3v) is 4.26. The molecular formula is C17H21FN2O2S. The average Bonchev–Trinajstić information content (AvgIpc) is 3.02. The van der Waals surface area contributed by atoms with Gasteiger partial charge in [0.15, 0.2) is 0 Å². The minimum absolute atomic E-state index is 0.0425. The number of rotatable bonds is 9. The number of carbonyl (C=O) groups is 1. The molecule has 6 heteroatoms. The van der Waals surface area contributed by atoms with E-state index in [-0.39, 0.29) is 11.7 Å². The van der Waals surface area contributed by atoms with Crippen LogP contribution >= 0.6 is 11.3 Å². The lowest BCUT2D eigenvalue weighted by Gasteiger charge is -2.04. The third kappa shape index (κ3) is 6.08. The van der Waals surface area contributed by atoms with Crippen molar-refractivity contribution in [3.63, 3.8) is 0 Å². The third-order valence-electron chi connectivity index (χ3n) is 3.36. The van der Waals surface area contributed by atoms with Gasteiger partial charge in [0.05, 0.1) is 10.7 Å². The number of ether oxygens (including phenoxy) is 1. The molecule has 2 aromatic rings. The van der Waals surface area contributed by atoms with Gasteiger partial charge in [-0.25, -0.2) is 9.37 Å². The summed E-state index contributed by atoms with van der Waals surface area (Å²) >= 11 is 1.52. The maximum Gasteiger partial charge on any atom is 0.220 e. The molecule has 0 fully saturated rings. The first-order valence-electron chi connectivity index (χ1n) is 7.65. The highest BCUT2D eigenvalue weighted by atomic mass is 32.1. The van der Waals surface area contributed by atoms with Crippen LogP contribution in [0.15, 0.2) is 29.6 Å². The van der Waals surface area contributed by atoms with E-state index in [4.69, 9.17) is 4.74 Å². The second kappa shape index (κ2) is 9.37. The molecular weight excluding hydrogens is 315 g/mol. The first kappa shape index (κ1) is 17.6. The van der Waals surface area contributed by atoms with Crippen molar-refractivity contribution in [1.29, 1.82) is 0 Å². The molecule has 1 aromatic carbocycles. The van der Waals surface area contributed by atoms with Crippen LogP contribution in [0.3, 0.4) is 0 Å². The highest BCUT2D eigenvalue weighted by Crippen LogP contribution is 2.22. The summed E-state index contributed by atoms with van der Waals surface area (Å²) in [7, 11) is 1.67. The van der Waals surface area contributed by atoms with E-state index < -0.39 is 0 Å². The number of unbranched alkanes of at least 4 members (excludes halogenated alkanes) is 1. The number of thiazole rings is 1. The Morgan fingerprint density at radius 2 is 2.09 bits per heavy atom. The van der Waals surface area contributed by atoms with Crippen LogP contribution < -0.4 is 5.32 Å². The maximum atomic E-state index is 12.9. The number of aromatic nitrogens is 1. The van der Waals surface area contributed by atoms with Crippen LogP contribution in [0, 0.1) is 5.82 Å². The zero-order chi connectivity index (χ0) is 16.5. The van der Waals surface area contributed by atoms with Crippen LogP contribution in [0.25, 0.3) is 11.3 Å². The highest BCUT2D eigenvalue weighted by molar-refractivity contribution is 7.09. The summed E-state index contributed by atoms with van der Waals surface area (Å²) in [6.07, 6.45) is 2.92. The van der Waals surface area contributed by atoms with Crippen LogP contribution in [0.4, 0.5) is 4.39 Å². The molecule has 23 heavy (non-hydrogen) atoms. The molecule has 0 unspecified atom stereocenters. The van der Waals surface area contributed by atoms with Crippen LogP contribution in [0.5, 0.6) is 0 Å². The normalized spacial score (nSPS) is 10.7. The minimum Gasteiger partial charge on any atom is -0.385 e. The molecule has 0 aliphatic carbocycles. The van der Waals surface area contributed by atoms with Gasteiger partial charge >= 0.3 is 0 Å². The van der Waals surface area contributed by atoms with Crippen molar-refractivity contribution >= 4 is 17.2 Å². The van der Waals surface area contributed by atoms with Crippen molar-refractivity contribution in [3.8, 4) is 11.3 Å². The zero-order valence-corrected chi connectivity index (χ0v) is 14.0. The van der Waals surface area contributed by atoms with Gasteiger partial charge in [-0.15, -0.1) is 11.3 Å². The van der Waals surface area contributed by atoms with Crippen molar-refractivity contribution in [2.75, 3.05) is 20.3 Å². The molecule has 0 saturated heterocycles. The topological polar surface area (TPSA) is 51.2 Å². The standard InChI is InChI=1S/C17H21FN2O2S/c1-22-11-3-2-10-19-16(21)8-9-17-20-15(12-23-17)13-4-6-14(18)7-5-13/h4-7,12H,2-3,8-11H2,1H3,(H,19,21). The summed E-state index contributed by atoms with van der Waals surface area (Å²) in [5.74, 6) is -0.215. The molecule has 0 atom stereocenters. The summed E-state index contributed by atoms with van der Waals surface area (Å²) in [4.78, 5) is 16.3. The summed E-state index contributed by atoms with van der Waals surface area (Å²) in [6.45, 7) is 1.40. The lowest BCUT2D eigenvalue weighted by molar-refractivity contribution is -0.121. The van der Waals surface area contributed by atoms with E-state index in [9.17, 15) is 9.18 Å². The summed E-state index contributed by atoms with van der Waals surface area (Å²) in [6, 6.07) is 6.26. The predicted octanol–water partition coefficient (Wildman–Crippen LogP) is 3.42. The van der Waals surface area contributed by atoms with Gasteiger partial charge in [-0.05, 0) is 37.1 Å². The Bertz CT molecular complexity index is 613. The molecule has 0 aliphatic heterocycles. The second-order valence-corrected chi connectivity index (χ2v) is 6.13. The quantitative estimate of drug-likeness (QED) is 0.714. The van der Waals surface area contributed by atoms with Gasteiger partial charge < -0.3 is 10.1 Å². The Morgan fingerprint density at radius 1 is 1.30 bits per heavy atom. The number of methoxy groups -OCH3 is 1. The van der Waals surface area contributed by atoms with Crippen molar-refractivity contribution in [2.24, 2.45) is 0 Å². The number of hydrogen-bond acceptors (Lipinski definition) is 4. The van der Waals surface area contributed by atoms with Gasteiger partial charge in [0.1, 0.15) is 5.82 Å². The summed E-state index contributed by atoms with van der Waals surface area (Å²) in [5.41, 5.74) is 1.71. The van der Waals surface area contributed by atoms with E-state index in [0.717, 1.165) is 35.7 Å². The number of carbonyl (C=O) groups excluding carboxylic acids is 1. The monoisotopic (exact) mass is 336 g/mol. The van der Waals surface area contributed by atoms with Crippen LogP contribution in [0.2, 0.25) is 0 Å². The molecule has 0 saturated carbocycles. The van der Waals surface area contributed by atoms with E-state index in [2.05, 4.69) is 10.3 Å². The number of aryl methyl sites for hydroxylation is 1. The number of nitrogens with zero attached hydrogens (tertiary/aromatic N) is 1. The summed E-state index contributed by atoms with van der Waals surface area (Å²) in [5, 5.41) is 5.75. The van der Waals surface area contributed by atoms with Gasteiger partial charge in [-0.3, -0.25) is 4.79 Å². The fraction of sp³-hybridized carbons (Fsp3) is 0.412. The largest absolute Gasteiger partial charge is 0.385 e. The highest BCUT2D eigenvalue weighted by Gasteiger charge is 2.07. The number of halogens is 1. The van der Waals surface area contributed by atoms with Crippen LogP contribution in [-0.2, 0) is 16.0 Å². The number of hydrogen-bond donors (Lipinski definition) is 1. The van der Waals surface area contributed by atoms with E-state index in [1.165, 1.54) is 23.5 Å². The van der Waals surface area contributed by atoms with Gasteiger partial charge in [0.2, 0.25) is 5.91 Å². The molecule has 0 spiro atoms. The molecule has 1 heterocycles. The molecule has 0 radical (unpaired) electrons. The van der Waals surface area contributed by atoms with E-state index in [1.54, 1.807) is 19.2 Å². The predicted molar refractivity (Wildman–Crippen MR) is 89.9 cm³/mol. The Morgan fingerprint density at radius 3 is 2.83 bits per heavy atom. The summed E-state index contributed by atoms with van der Waals surface area (Å²) < 4.78 is 17.9. The molecule has 0 aliphatic rings. The van der Waals surface area contributed by atoms with Crippen LogP contribution in [0.1, 0.15) is 24.3 Å². The van der Waals surface area contributed by atoms with Crippen molar-refractivity contribution < 1.29 is 13.9 Å². The van der Waals surface area contributed by atoms with Crippen LogP contribution in [-0.4, -0.2) is 31.2 Å². The first-order chi connectivity index (χ1) is 11.2. The molecule has 0 bridgehead atoms. The Kier molecular flexibility index (Phi) is 7.16. The molecule has 124 valence electrons. The zero-order valence-electron chi connectivity index (χ0n) is 13.2. The van der Waals surface area contributed by atoms with Crippen molar-refractivity contribution in [1.82, 2.24) is 10.3 Å². The van der Waals surface area contributed by atoms with Gasteiger partial charge in [-0.2, -0.15) is 0 Å². The Hall–Kier alpha value is -1.79. The average molecular weight is 336 g/mol. The smallest absolute Gasteiger partial charge is 0.220 e. The molecule has 1 aromatic heterocycles. The molecule has 1 N–H and O–H groups in total. The lowest BCUT2D eigenvalue weighted by Crippen LogP contribution is -2.24. The fourth-order valence-corrected chi connectivity index (χ4v) is 2.89. The van der Waals surface area contributed by atoms with Crippen molar-refractivity contribution in [3.05, 3.63) is 40.5 Å². The molecule has 4 nitrogen and oxygen atoms in total. The van der Waals surface area contributed by atoms with E-state index >= 15 is 0 Å². The Balaban J connectivity index is 1.74. The first-order valence-corrected chi connectivity index (χ1v) is 8.53. The Labute approximate surface area is 139 Å². The van der Waals surface area contributed by atoms with E-state index in [0.29, 0.717) is 19.4 Å². The SMILES string of the molecule is COCCCCNC(=O)CCc1nc(-c2ccc(F)cc2)cs1. The van der Waals surface area contributed by atoms with Gasteiger partial charge in [-0.1, -0.05) is 0 Å².